The molecule has 124 valence electrons. The minimum atomic E-state index is -0.399. The molecule has 1 heterocycles. The van der Waals surface area contributed by atoms with Gasteiger partial charge in [0.1, 0.15) is 11.6 Å². The van der Waals surface area contributed by atoms with Crippen LogP contribution in [0.3, 0.4) is 0 Å². The Morgan fingerprint density at radius 1 is 1.25 bits per heavy atom. The normalized spacial score (nSPS) is 12.0. The van der Waals surface area contributed by atoms with Crippen LogP contribution in [0.2, 0.25) is 5.02 Å². The van der Waals surface area contributed by atoms with Crippen molar-refractivity contribution in [3.63, 3.8) is 0 Å². The minimum Gasteiger partial charge on any atom is -0.497 e. The predicted octanol–water partition coefficient (Wildman–Crippen LogP) is 3.13. The van der Waals surface area contributed by atoms with Crippen LogP contribution in [-0.4, -0.2) is 22.3 Å². The first-order valence-electron chi connectivity index (χ1n) is 7.46. The number of aromatic amines is 1. The standard InChI is InChI=1S/C17H18ClN5O/c1-24-14-4-2-3-13(9-14)20-10-15-21-17(23-22-15)16(19)11-5-7-12(18)8-6-11/h2-9,16,20H,10,19H2,1H3,(H,21,22,23)/t16-/m1/s1. The van der Waals surface area contributed by atoms with E-state index < -0.39 is 6.04 Å². The van der Waals surface area contributed by atoms with Gasteiger partial charge in [-0.05, 0) is 29.8 Å². The highest BCUT2D eigenvalue weighted by atomic mass is 35.5. The lowest BCUT2D eigenvalue weighted by atomic mass is 10.1. The molecule has 24 heavy (non-hydrogen) atoms. The van der Waals surface area contributed by atoms with Gasteiger partial charge in [0, 0.05) is 16.8 Å². The Morgan fingerprint density at radius 2 is 2.04 bits per heavy atom. The first-order chi connectivity index (χ1) is 11.7. The van der Waals surface area contributed by atoms with Gasteiger partial charge in [-0.2, -0.15) is 5.10 Å². The van der Waals surface area contributed by atoms with Crippen molar-refractivity contribution in [2.24, 2.45) is 5.73 Å². The van der Waals surface area contributed by atoms with E-state index in [1.807, 2.05) is 36.4 Å². The van der Waals surface area contributed by atoms with Crippen LogP contribution in [0, 0.1) is 0 Å². The number of rotatable bonds is 6. The molecule has 0 amide bonds. The third-order valence-electron chi connectivity index (χ3n) is 3.59. The molecule has 1 atom stereocenters. The number of hydrogen-bond acceptors (Lipinski definition) is 5. The van der Waals surface area contributed by atoms with Gasteiger partial charge in [0.25, 0.3) is 0 Å². The van der Waals surface area contributed by atoms with E-state index in [2.05, 4.69) is 20.5 Å². The first-order valence-corrected chi connectivity index (χ1v) is 7.83. The lowest BCUT2D eigenvalue weighted by Crippen LogP contribution is -2.13. The molecule has 3 aromatic rings. The van der Waals surface area contributed by atoms with Crippen LogP contribution in [0.25, 0.3) is 0 Å². The molecule has 0 radical (unpaired) electrons. The smallest absolute Gasteiger partial charge is 0.171 e. The number of ether oxygens (including phenoxy) is 1. The van der Waals surface area contributed by atoms with E-state index in [-0.39, 0.29) is 0 Å². The maximum absolute atomic E-state index is 6.20. The molecule has 1 aromatic heterocycles. The van der Waals surface area contributed by atoms with Crippen LogP contribution in [0.5, 0.6) is 5.75 Å². The molecule has 0 saturated heterocycles. The molecule has 3 rings (SSSR count). The Balaban J connectivity index is 1.65. The maximum Gasteiger partial charge on any atom is 0.171 e. The molecular weight excluding hydrogens is 326 g/mol. The number of nitrogens with one attached hydrogen (secondary N) is 2. The summed E-state index contributed by atoms with van der Waals surface area (Å²) in [4.78, 5) is 4.45. The third kappa shape index (κ3) is 3.84. The summed E-state index contributed by atoms with van der Waals surface area (Å²) >= 11 is 5.89. The Morgan fingerprint density at radius 3 is 2.79 bits per heavy atom. The van der Waals surface area contributed by atoms with E-state index in [0.717, 1.165) is 17.0 Å². The van der Waals surface area contributed by atoms with Gasteiger partial charge < -0.3 is 15.8 Å². The largest absolute Gasteiger partial charge is 0.497 e. The number of benzene rings is 2. The molecule has 6 nitrogen and oxygen atoms in total. The van der Waals surface area contributed by atoms with Crippen LogP contribution in [0.4, 0.5) is 5.69 Å². The monoisotopic (exact) mass is 343 g/mol. The topological polar surface area (TPSA) is 88.8 Å². The lowest BCUT2D eigenvalue weighted by Gasteiger charge is -2.08. The SMILES string of the molecule is COc1cccc(NCc2nc([C@H](N)c3ccc(Cl)cc3)n[nH]2)c1. The number of nitrogens with zero attached hydrogens (tertiary/aromatic N) is 2. The summed E-state index contributed by atoms with van der Waals surface area (Å²) in [6, 6.07) is 14.6. The fraction of sp³-hybridized carbons (Fsp3) is 0.176. The van der Waals surface area contributed by atoms with Crippen LogP contribution in [0.1, 0.15) is 23.3 Å². The molecule has 2 aromatic carbocycles. The Kier molecular flexibility index (Phi) is 4.98. The fourth-order valence-corrected chi connectivity index (χ4v) is 2.39. The first kappa shape index (κ1) is 16.3. The molecule has 0 unspecified atom stereocenters. The molecule has 0 bridgehead atoms. The van der Waals surface area contributed by atoms with E-state index in [1.165, 1.54) is 0 Å². The molecule has 0 fully saturated rings. The van der Waals surface area contributed by atoms with Crippen molar-refractivity contribution < 1.29 is 4.74 Å². The van der Waals surface area contributed by atoms with Crippen molar-refractivity contribution in [2.45, 2.75) is 12.6 Å². The third-order valence-corrected chi connectivity index (χ3v) is 3.84. The average molecular weight is 344 g/mol. The van der Waals surface area contributed by atoms with Crippen LogP contribution in [0.15, 0.2) is 48.5 Å². The van der Waals surface area contributed by atoms with Gasteiger partial charge in [-0.1, -0.05) is 29.8 Å². The number of halogens is 1. The molecule has 0 aliphatic carbocycles. The van der Waals surface area contributed by atoms with Gasteiger partial charge in [0.15, 0.2) is 5.82 Å². The number of anilines is 1. The molecule has 0 aliphatic heterocycles. The lowest BCUT2D eigenvalue weighted by molar-refractivity contribution is 0.415. The summed E-state index contributed by atoms with van der Waals surface area (Å²) < 4.78 is 5.20. The van der Waals surface area contributed by atoms with E-state index in [9.17, 15) is 0 Å². The Hall–Kier alpha value is -2.57. The van der Waals surface area contributed by atoms with Gasteiger partial charge >= 0.3 is 0 Å². The Labute approximate surface area is 145 Å². The van der Waals surface area contributed by atoms with Crippen molar-refractivity contribution in [3.05, 3.63) is 70.8 Å². The summed E-state index contributed by atoms with van der Waals surface area (Å²) in [6.07, 6.45) is 0. The Bertz CT molecular complexity index is 803. The quantitative estimate of drug-likeness (QED) is 0.640. The molecule has 0 saturated carbocycles. The number of H-pyrrole nitrogens is 1. The maximum atomic E-state index is 6.20. The molecule has 0 spiro atoms. The molecular formula is C17H18ClN5O. The van der Waals surface area contributed by atoms with Crippen molar-refractivity contribution in [3.8, 4) is 5.75 Å². The molecule has 4 N–H and O–H groups in total. The number of nitrogens with two attached hydrogens (primary N) is 1. The summed E-state index contributed by atoms with van der Waals surface area (Å²) in [7, 11) is 1.64. The van der Waals surface area contributed by atoms with E-state index >= 15 is 0 Å². The van der Waals surface area contributed by atoms with Crippen LogP contribution >= 0.6 is 11.6 Å². The zero-order valence-corrected chi connectivity index (χ0v) is 13.9. The summed E-state index contributed by atoms with van der Waals surface area (Å²) in [5.74, 6) is 2.04. The van der Waals surface area contributed by atoms with Crippen LogP contribution < -0.4 is 15.8 Å². The van der Waals surface area contributed by atoms with E-state index in [4.69, 9.17) is 22.1 Å². The number of hydrogen-bond donors (Lipinski definition) is 3. The van der Waals surface area contributed by atoms with E-state index in [1.54, 1.807) is 19.2 Å². The molecule has 7 heteroatoms. The van der Waals surface area contributed by atoms with Crippen molar-refractivity contribution in [1.29, 1.82) is 0 Å². The van der Waals surface area contributed by atoms with Gasteiger partial charge in [-0.25, -0.2) is 4.98 Å². The second kappa shape index (κ2) is 7.33. The second-order valence-electron chi connectivity index (χ2n) is 5.26. The number of methoxy groups -OCH3 is 1. The van der Waals surface area contributed by atoms with Gasteiger partial charge in [-0.3, -0.25) is 5.10 Å². The highest BCUT2D eigenvalue weighted by Crippen LogP contribution is 2.20. The van der Waals surface area contributed by atoms with Crippen molar-refractivity contribution in [2.75, 3.05) is 12.4 Å². The number of aromatic nitrogens is 3. The zero-order chi connectivity index (χ0) is 16.9. The van der Waals surface area contributed by atoms with Crippen LogP contribution in [-0.2, 0) is 6.54 Å². The summed E-state index contributed by atoms with van der Waals surface area (Å²) in [6.45, 7) is 0.507. The van der Waals surface area contributed by atoms with Gasteiger partial charge in [0.2, 0.25) is 0 Å². The summed E-state index contributed by atoms with van der Waals surface area (Å²) in [5.41, 5.74) is 8.05. The summed E-state index contributed by atoms with van der Waals surface area (Å²) in [5, 5.41) is 11.0. The van der Waals surface area contributed by atoms with Gasteiger partial charge in [-0.15, -0.1) is 0 Å². The zero-order valence-electron chi connectivity index (χ0n) is 13.2. The molecule has 0 aliphatic rings. The minimum absolute atomic E-state index is 0.399. The second-order valence-corrected chi connectivity index (χ2v) is 5.69. The average Bonchev–Trinajstić information content (AvgIpc) is 3.09. The highest BCUT2D eigenvalue weighted by molar-refractivity contribution is 6.30. The van der Waals surface area contributed by atoms with Crippen molar-refractivity contribution >= 4 is 17.3 Å². The highest BCUT2D eigenvalue weighted by Gasteiger charge is 2.14. The van der Waals surface area contributed by atoms with E-state index in [0.29, 0.717) is 23.2 Å². The fourth-order valence-electron chi connectivity index (χ4n) is 2.27. The predicted molar refractivity (Wildman–Crippen MR) is 94.2 cm³/mol. The van der Waals surface area contributed by atoms with Crippen molar-refractivity contribution in [1.82, 2.24) is 15.2 Å². The van der Waals surface area contributed by atoms with Gasteiger partial charge in [0.05, 0.1) is 19.7 Å².